The molecule has 0 aliphatic carbocycles. The van der Waals surface area contributed by atoms with E-state index >= 15 is 0 Å². The molecule has 0 rings (SSSR count). The Hall–Kier alpha value is -0.120. The highest BCUT2D eigenvalue weighted by Gasteiger charge is 2.06. The average molecular weight is 190 g/mol. The highest BCUT2D eigenvalue weighted by atomic mass is 16.7. The summed E-state index contributed by atoms with van der Waals surface area (Å²) >= 11 is 0. The number of aliphatic hydroxyl groups excluding tert-OH is 1. The maximum Gasteiger partial charge on any atom is 0.154 e. The van der Waals surface area contributed by atoms with E-state index in [4.69, 9.17) is 14.6 Å². The van der Waals surface area contributed by atoms with Crippen molar-refractivity contribution in [1.29, 1.82) is 0 Å². The predicted octanol–water partition coefficient (Wildman–Crippen LogP) is 1.65. The van der Waals surface area contributed by atoms with Crippen LogP contribution in [0.25, 0.3) is 0 Å². The van der Waals surface area contributed by atoms with Crippen molar-refractivity contribution < 1.29 is 14.6 Å². The minimum absolute atomic E-state index is 0.164. The topological polar surface area (TPSA) is 38.7 Å². The number of aliphatic hydroxyl groups is 1. The number of rotatable bonds is 7. The Morgan fingerprint density at radius 1 is 1.00 bits per heavy atom. The summed E-state index contributed by atoms with van der Waals surface area (Å²) in [4.78, 5) is 0. The first-order valence-corrected chi connectivity index (χ1v) is 4.90. The van der Waals surface area contributed by atoms with Gasteiger partial charge in [0.1, 0.15) is 0 Å². The molecule has 2 unspecified atom stereocenters. The zero-order valence-electron chi connectivity index (χ0n) is 9.12. The highest BCUT2D eigenvalue weighted by molar-refractivity contribution is 4.47. The lowest BCUT2D eigenvalue weighted by Gasteiger charge is -2.17. The zero-order valence-corrected chi connectivity index (χ0v) is 9.12. The third-order valence-corrected chi connectivity index (χ3v) is 1.59. The quantitative estimate of drug-likeness (QED) is 0.620. The second-order valence-electron chi connectivity index (χ2n) is 3.92. The van der Waals surface area contributed by atoms with Crippen molar-refractivity contribution in [1.82, 2.24) is 0 Å². The van der Waals surface area contributed by atoms with Crippen molar-refractivity contribution in [3.8, 4) is 0 Å². The molecule has 0 spiro atoms. The van der Waals surface area contributed by atoms with Crippen LogP contribution in [-0.2, 0) is 9.47 Å². The SMILES string of the molecule is CC(C)COC(C)OCC(C)CO. The van der Waals surface area contributed by atoms with Crippen LogP contribution in [0, 0.1) is 11.8 Å². The summed E-state index contributed by atoms with van der Waals surface area (Å²) in [6, 6.07) is 0. The van der Waals surface area contributed by atoms with Gasteiger partial charge in [0.25, 0.3) is 0 Å². The molecule has 3 heteroatoms. The van der Waals surface area contributed by atoms with Crippen molar-refractivity contribution in [2.75, 3.05) is 19.8 Å². The van der Waals surface area contributed by atoms with Crippen LogP contribution in [0.3, 0.4) is 0 Å². The minimum atomic E-state index is -0.170. The molecule has 0 saturated heterocycles. The largest absolute Gasteiger partial charge is 0.396 e. The van der Waals surface area contributed by atoms with Gasteiger partial charge in [-0.25, -0.2) is 0 Å². The van der Waals surface area contributed by atoms with Crippen LogP contribution in [0.4, 0.5) is 0 Å². The molecule has 2 atom stereocenters. The first-order chi connectivity index (χ1) is 6.06. The van der Waals surface area contributed by atoms with Crippen molar-refractivity contribution in [2.45, 2.75) is 34.0 Å². The molecular weight excluding hydrogens is 168 g/mol. The van der Waals surface area contributed by atoms with E-state index in [1.165, 1.54) is 0 Å². The van der Waals surface area contributed by atoms with Gasteiger partial charge in [-0.3, -0.25) is 0 Å². The fourth-order valence-corrected chi connectivity index (χ4v) is 0.729. The Balaban J connectivity index is 3.34. The van der Waals surface area contributed by atoms with E-state index in [1.807, 2.05) is 13.8 Å². The second kappa shape index (κ2) is 7.30. The van der Waals surface area contributed by atoms with Crippen LogP contribution in [0.1, 0.15) is 27.7 Å². The summed E-state index contributed by atoms with van der Waals surface area (Å²) in [5.74, 6) is 0.714. The fraction of sp³-hybridized carbons (Fsp3) is 1.00. The van der Waals surface area contributed by atoms with Crippen LogP contribution in [0.15, 0.2) is 0 Å². The van der Waals surface area contributed by atoms with Crippen LogP contribution < -0.4 is 0 Å². The van der Waals surface area contributed by atoms with Crippen molar-refractivity contribution >= 4 is 0 Å². The summed E-state index contributed by atoms with van der Waals surface area (Å²) < 4.78 is 10.8. The van der Waals surface area contributed by atoms with Gasteiger partial charge in [-0.15, -0.1) is 0 Å². The lowest BCUT2D eigenvalue weighted by Crippen LogP contribution is -2.20. The lowest BCUT2D eigenvalue weighted by molar-refractivity contribution is -0.145. The van der Waals surface area contributed by atoms with Crippen LogP contribution >= 0.6 is 0 Å². The van der Waals surface area contributed by atoms with Gasteiger partial charge in [0.2, 0.25) is 0 Å². The van der Waals surface area contributed by atoms with E-state index in [1.54, 1.807) is 0 Å². The Morgan fingerprint density at radius 3 is 2.00 bits per heavy atom. The summed E-state index contributed by atoms with van der Waals surface area (Å²) in [5, 5.41) is 8.74. The van der Waals surface area contributed by atoms with Gasteiger partial charge in [0.15, 0.2) is 6.29 Å². The third kappa shape index (κ3) is 8.22. The monoisotopic (exact) mass is 190 g/mol. The van der Waals surface area contributed by atoms with Crippen molar-refractivity contribution in [2.24, 2.45) is 11.8 Å². The van der Waals surface area contributed by atoms with Gasteiger partial charge in [-0.05, 0) is 12.8 Å². The van der Waals surface area contributed by atoms with Gasteiger partial charge in [0.05, 0.1) is 13.2 Å². The van der Waals surface area contributed by atoms with Gasteiger partial charge in [-0.2, -0.15) is 0 Å². The zero-order chi connectivity index (χ0) is 10.3. The van der Waals surface area contributed by atoms with E-state index in [0.29, 0.717) is 19.1 Å². The van der Waals surface area contributed by atoms with E-state index in [-0.39, 0.29) is 18.8 Å². The van der Waals surface area contributed by atoms with Gasteiger partial charge >= 0.3 is 0 Å². The molecule has 0 aliphatic heterocycles. The molecular formula is C10H22O3. The first kappa shape index (κ1) is 12.9. The smallest absolute Gasteiger partial charge is 0.154 e. The average Bonchev–Trinajstić information content (AvgIpc) is 2.10. The summed E-state index contributed by atoms with van der Waals surface area (Å²) in [6.45, 7) is 9.45. The maximum absolute atomic E-state index is 8.74. The standard InChI is InChI=1S/C10H22O3/c1-8(2)6-12-10(4)13-7-9(3)5-11/h8-11H,5-7H2,1-4H3. The highest BCUT2D eigenvalue weighted by Crippen LogP contribution is 2.02. The van der Waals surface area contributed by atoms with Gasteiger partial charge in [0, 0.05) is 12.5 Å². The summed E-state index contributed by atoms with van der Waals surface area (Å²) in [5.41, 5.74) is 0. The number of hydrogen-bond donors (Lipinski definition) is 1. The minimum Gasteiger partial charge on any atom is -0.396 e. The van der Waals surface area contributed by atoms with Crippen LogP contribution in [0.2, 0.25) is 0 Å². The fourth-order valence-electron chi connectivity index (χ4n) is 0.729. The third-order valence-electron chi connectivity index (χ3n) is 1.59. The Bertz CT molecular complexity index is 115. The first-order valence-electron chi connectivity index (χ1n) is 4.90. The molecule has 80 valence electrons. The molecule has 13 heavy (non-hydrogen) atoms. The van der Waals surface area contributed by atoms with Gasteiger partial charge in [-0.1, -0.05) is 20.8 Å². The Kier molecular flexibility index (Phi) is 7.23. The van der Waals surface area contributed by atoms with E-state index in [2.05, 4.69) is 13.8 Å². The van der Waals surface area contributed by atoms with Crippen molar-refractivity contribution in [3.63, 3.8) is 0 Å². The number of hydrogen-bond acceptors (Lipinski definition) is 3. The molecule has 0 aromatic carbocycles. The Morgan fingerprint density at radius 2 is 1.54 bits per heavy atom. The Labute approximate surface area is 81.0 Å². The van der Waals surface area contributed by atoms with Gasteiger partial charge < -0.3 is 14.6 Å². The molecule has 0 aromatic rings. The molecule has 0 heterocycles. The summed E-state index contributed by atoms with van der Waals surface area (Å²) in [6.07, 6.45) is -0.170. The maximum atomic E-state index is 8.74. The van der Waals surface area contributed by atoms with Crippen LogP contribution in [0.5, 0.6) is 0 Å². The molecule has 0 amide bonds. The molecule has 0 aromatic heterocycles. The summed E-state index contributed by atoms with van der Waals surface area (Å²) in [7, 11) is 0. The molecule has 0 fully saturated rings. The lowest BCUT2D eigenvalue weighted by atomic mass is 10.2. The molecule has 0 saturated carbocycles. The molecule has 0 radical (unpaired) electrons. The van der Waals surface area contributed by atoms with E-state index in [0.717, 1.165) is 0 Å². The van der Waals surface area contributed by atoms with Crippen molar-refractivity contribution in [3.05, 3.63) is 0 Å². The van der Waals surface area contributed by atoms with E-state index in [9.17, 15) is 0 Å². The van der Waals surface area contributed by atoms with Crippen LogP contribution in [-0.4, -0.2) is 31.2 Å². The van der Waals surface area contributed by atoms with E-state index < -0.39 is 0 Å². The molecule has 3 nitrogen and oxygen atoms in total. The normalized spacial score (nSPS) is 16.2. The molecule has 0 aliphatic rings. The number of ether oxygens (including phenoxy) is 2. The second-order valence-corrected chi connectivity index (χ2v) is 3.92. The molecule has 1 N–H and O–H groups in total. The predicted molar refractivity (Wildman–Crippen MR) is 52.5 cm³/mol. The molecule has 0 bridgehead atoms.